The lowest BCUT2D eigenvalue weighted by Crippen LogP contribution is -2.03. The van der Waals surface area contributed by atoms with Crippen LogP contribution in [0.5, 0.6) is 0 Å². The van der Waals surface area contributed by atoms with Crippen molar-refractivity contribution in [2.24, 2.45) is 0 Å². The number of hydrogen-bond donors (Lipinski definition) is 0. The molecule has 1 heteroatoms. The lowest BCUT2D eigenvalue weighted by Gasteiger charge is -2.00. The van der Waals surface area contributed by atoms with E-state index in [1.807, 2.05) is 0 Å². The Bertz CT molecular complexity index is 101. The van der Waals surface area contributed by atoms with Gasteiger partial charge in [-0.25, -0.2) is 0 Å². The summed E-state index contributed by atoms with van der Waals surface area (Å²) in [6, 6.07) is 0.969. The molecular formula is C10H21N. The van der Waals surface area contributed by atoms with E-state index >= 15 is 0 Å². The van der Waals surface area contributed by atoms with Gasteiger partial charge < -0.3 is 0 Å². The first-order chi connectivity index (χ1) is 5.38. The van der Waals surface area contributed by atoms with Crippen molar-refractivity contribution < 1.29 is 0 Å². The second kappa shape index (κ2) is 4.76. The first-order valence-corrected chi connectivity index (χ1v) is 5.12. The monoisotopic (exact) mass is 155 g/mol. The molecule has 0 spiro atoms. The summed E-state index contributed by atoms with van der Waals surface area (Å²) in [6.45, 7) is 7.30. The van der Waals surface area contributed by atoms with Gasteiger partial charge in [-0.3, -0.25) is 4.90 Å². The Morgan fingerprint density at radius 1 is 1.18 bits per heavy atom. The number of hydrogen-bond acceptors (Lipinski definition) is 1. The van der Waals surface area contributed by atoms with E-state index < -0.39 is 0 Å². The van der Waals surface area contributed by atoms with Gasteiger partial charge in [-0.15, -0.1) is 0 Å². The van der Waals surface area contributed by atoms with E-state index in [1.165, 1.54) is 45.2 Å². The molecule has 1 nitrogen and oxygen atoms in total. The van der Waals surface area contributed by atoms with Crippen molar-refractivity contribution in [1.29, 1.82) is 0 Å². The van der Waals surface area contributed by atoms with Gasteiger partial charge in [0, 0.05) is 12.6 Å². The van der Waals surface area contributed by atoms with E-state index in [-0.39, 0.29) is 0 Å². The molecule has 0 amide bonds. The van der Waals surface area contributed by atoms with Gasteiger partial charge in [0.05, 0.1) is 0 Å². The highest BCUT2D eigenvalue weighted by Gasteiger charge is 2.31. The lowest BCUT2D eigenvalue weighted by molar-refractivity contribution is 0.465. The molecule has 11 heavy (non-hydrogen) atoms. The van der Waals surface area contributed by atoms with Gasteiger partial charge in [0.2, 0.25) is 0 Å². The average Bonchev–Trinajstić information content (AvgIpc) is 2.70. The molecule has 1 heterocycles. The fraction of sp³-hybridized carbons (Fsp3) is 1.00. The molecule has 66 valence electrons. The highest BCUT2D eigenvalue weighted by Crippen LogP contribution is 2.22. The maximum Gasteiger partial charge on any atom is 0.0223 e. The maximum absolute atomic E-state index is 2.61. The summed E-state index contributed by atoms with van der Waals surface area (Å²) in [7, 11) is 0. The minimum Gasteiger partial charge on any atom is -0.298 e. The first kappa shape index (κ1) is 9.05. The van der Waals surface area contributed by atoms with Gasteiger partial charge >= 0.3 is 0 Å². The second-order valence-electron chi connectivity index (χ2n) is 3.64. The standard InChI is InChI=1S/C10H21N/c1-3-5-6-8-11-9-10(11)7-4-2/h10H,3-9H2,1-2H3. The molecule has 1 fully saturated rings. The molecule has 0 radical (unpaired) electrons. The summed E-state index contributed by atoms with van der Waals surface area (Å²) in [5.74, 6) is 0. The molecule has 1 aliphatic heterocycles. The summed E-state index contributed by atoms with van der Waals surface area (Å²) < 4.78 is 0. The van der Waals surface area contributed by atoms with Crippen molar-refractivity contribution in [3.8, 4) is 0 Å². The van der Waals surface area contributed by atoms with Crippen LogP contribution in [-0.4, -0.2) is 24.0 Å². The van der Waals surface area contributed by atoms with E-state index in [0.717, 1.165) is 6.04 Å². The molecule has 0 aromatic rings. The molecule has 1 rings (SSSR count). The summed E-state index contributed by atoms with van der Waals surface area (Å²) in [5.41, 5.74) is 0. The minimum atomic E-state index is 0.969. The highest BCUT2D eigenvalue weighted by molar-refractivity contribution is 4.87. The van der Waals surface area contributed by atoms with Crippen LogP contribution in [0.25, 0.3) is 0 Å². The molecule has 0 saturated carbocycles. The Hall–Kier alpha value is -0.0400. The van der Waals surface area contributed by atoms with Gasteiger partial charge in [-0.1, -0.05) is 33.1 Å². The molecule has 1 saturated heterocycles. The molecular weight excluding hydrogens is 134 g/mol. The van der Waals surface area contributed by atoms with Gasteiger partial charge in [0.25, 0.3) is 0 Å². The van der Waals surface area contributed by atoms with Gasteiger partial charge in [0.15, 0.2) is 0 Å². The van der Waals surface area contributed by atoms with E-state index in [4.69, 9.17) is 0 Å². The topological polar surface area (TPSA) is 3.01 Å². The number of rotatable bonds is 6. The predicted molar refractivity (Wildman–Crippen MR) is 49.8 cm³/mol. The lowest BCUT2D eigenvalue weighted by atomic mass is 10.2. The zero-order valence-electron chi connectivity index (χ0n) is 7.97. The Labute approximate surface area is 70.8 Å². The molecule has 0 aliphatic carbocycles. The zero-order valence-corrected chi connectivity index (χ0v) is 7.97. The van der Waals surface area contributed by atoms with Crippen LogP contribution in [0.1, 0.15) is 46.0 Å². The fourth-order valence-electron chi connectivity index (χ4n) is 1.67. The Morgan fingerprint density at radius 3 is 2.64 bits per heavy atom. The zero-order chi connectivity index (χ0) is 8.10. The SMILES string of the molecule is CCCCCN1CC1CCC. The Balaban J connectivity index is 1.87. The number of unbranched alkanes of at least 4 members (excludes halogenated alkanes) is 2. The molecule has 2 atom stereocenters. The van der Waals surface area contributed by atoms with Crippen LogP contribution in [0.3, 0.4) is 0 Å². The summed E-state index contributed by atoms with van der Waals surface area (Å²) in [4.78, 5) is 2.61. The van der Waals surface area contributed by atoms with Gasteiger partial charge in [-0.05, 0) is 19.4 Å². The van der Waals surface area contributed by atoms with E-state index in [0.29, 0.717) is 0 Å². The highest BCUT2D eigenvalue weighted by atomic mass is 15.3. The predicted octanol–water partition coefficient (Wildman–Crippen LogP) is 2.66. The van der Waals surface area contributed by atoms with Gasteiger partial charge in [0.1, 0.15) is 0 Å². The fourth-order valence-corrected chi connectivity index (χ4v) is 1.67. The van der Waals surface area contributed by atoms with Crippen molar-refractivity contribution in [1.82, 2.24) is 4.90 Å². The van der Waals surface area contributed by atoms with Crippen LogP contribution in [-0.2, 0) is 0 Å². The van der Waals surface area contributed by atoms with Crippen molar-refractivity contribution in [2.45, 2.75) is 52.0 Å². The van der Waals surface area contributed by atoms with E-state index in [9.17, 15) is 0 Å². The van der Waals surface area contributed by atoms with Crippen LogP contribution in [0.4, 0.5) is 0 Å². The largest absolute Gasteiger partial charge is 0.298 e. The van der Waals surface area contributed by atoms with Crippen molar-refractivity contribution in [3.63, 3.8) is 0 Å². The van der Waals surface area contributed by atoms with E-state index in [1.54, 1.807) is 0 Å². The number of nitrogens with zero attached hydrogens (tertiary/aromatic N) is 1. The quantitative estimate of drug-likeness (QED) is 0.421. The van der Waals surface area contributed by atoms with Crippen molar-refractivity contribution in [2.75, 3.05) is 13.1 Å². The third-order valence-corrected chi connectivity index (χ3v) is 2.50. The maximum atomic E-state index is 2.61. The normalized spacial score (nSPS) is 28.9. The molecule has 0 aromatic heterocycles. The van der Waals surface area contributed by atoms with Crippen LogP contribution in [0, 0.1) is 0 Å². The minimum absolute atomic E-state index is 0.969. The summed E-state index contributed by atoms with van der Waals surface area (Å²) >= 11 is 0. The average molecular weight is 155 g/mol. The summed E-state index contributed by atoms with van der Waals surface area (Å²) in [6.07, 6.45) is 6.96. The first-order valence-electron chi connectivity index (χ1n) is 5.12. The molecule has 1 aliphatic rings. The summed E-state index contributed by atoms with van der Waals surface area (Å²) in [5, 5.41) is 0. The molecule has 0 aromatic carbocycles. The second-order valence-corrected chi connectivity index (χ2v) is 3.64. The van der Waals surface area contributed by atoms with E-state index in [2.05, 4.69) is 18.7 Å². The van der Waals surface area contributed by atoms with Crippen LogP contribution >= 0.6 is 0 Å². The van der Waals surface area contributed by atoms with Crippen LogP contribution < -0.4 is 0 Å². The molecule has 0 N–H and O–H groups in total. The Kier molecular flexibility index (Phi) is 3.92. The van der Waals surface area contributed by atoms with Gasteiger partial charge in [-0.2, -0.15) is 0 Å². The van der Waals surface area contributed by atoms with Crippen LogP contribution in [0.15, 0.2) is 0 Å². The van der Waals surface area contributed by atoms with Crippen molar-refractivity contribution >= 4 is 0 Å². The van der Waals surface area contributed by atoms with Crippen molar-refractivity contribution in [3.05, 3.63) is 0 Å². The smallest absolute Gasteiger partial charge is 0.0223 e. The third-order valence-electron chi connectivity index (χ3n) is 2.50. The van der Waals surface area contributed by atoms with Crippen LogP contribution in [0.2, 0.25) is 0 Å². The molecule has 2 unspecified atom stereocenters. The Morgan fingerprint density at radius 2 is 2.00 bits per heavy atom. The third kappa shape index (κ3) is 3.24. The molecule has 0 bridgehead atoms.